The van der Waals surface area contributed by atoms with E-state index in [2.05, 4.69) is 0 Å². The number of benzene rings is 2. The number of aliphatic hydroxyl groups excluding tert-OH is 1. The second-order valence-corrected chi connectivity index (χ2v) is 6.66. The molecule has 0 fully saturated rings. The fraction of sp³-hybridized carbons (Fsp3) is 0.200. The molecule has 2 aromatic rings. The average molecular weight is 327 g/mol. The van der Waals surface area contributed by atoms with Gasteiger partial charge in [-0.2, -0.15) is 0 Å². The summed E-state index contributed by atoms with van der Waals surface area (Å²) in [5.41, 5.74) is 0.327. The monoisotopic (exact) mass is 327 g/mol. The highest BCUT2D eigenvalue weighted by Crippen LogP contribution is 2.24. The molecular weight excluding hydrogens is 312 g/mol. The zero-order valence-corrected chi connectivity index (χ0v) is 12.6. The van der Waals surface area contributed by atoms with Gasteiger partial charge in [-0.25, -0.2) is 17.2 Å². The second kappa shape index (κ2) is 6.41. The maximum absolute atomic E-state index is 13.3. The number of nitrogens with zero attached hydrogens (tertiary/aromatic N) is 1. The molecule has 0 amide bonds. The molecule has 2 rings (SSSR count). The molecule has 0 spiro atoms. The number of rotatable bonds is 5. The maximum Gasteiger partial charge on any atom is 0.264 e. The van der Waals surface area contributed by atoms with E-state index in [1.165, 1.54) is 6.92 Å². The van der Waals surface area contributed by atoms with Crippen LogP contribution in [0.15, 0.2) is 53.4 Å². The van der Waals surface area contributed by atoms with Crippen molar-refractivity contribution in [2.24, 2.45) is 0 Å². The molecule has 0 aliphatic heterocycles. The quantitative estimate of drug-likeness (QED) is 0.918. The summed E-state index contributed by atoms with van der Waals surface area (Å²) in [6, 6.07) is 10.5. The smallest absolute Gasteiger partial charge is 0.264 e. The van der Waals surface area contributed by atoms with E-state index in [0.717, 1.165) is 16.4 Å². The molecule has 0 aliphatic carbocycles. The molecule has 0 unspecified atom stereocenters. The molecule has 1 N–H and O–H groups in total. The number of hydrogen-bond acceptors (Lipinski definition) is 3. The Balaban J connectivity index is 2.51. The number of hydrogen-bond donors (Lipinski definition) is 1. The minimum absolute atomic E-state index is 0.203. The van der Waals surface area contributed by atoms with Crippen LogP contribution >= 0.6 is 0 Å². The standard InChI is InChI=1S/C15H15F2NO3S/c1-11(19)10-18(12-5-3-2-4-6-12)22(20,21)13-7-8-14(16)15(17)9-13/h2-9,11,19H,10H2,1H3/t11-/m0/s1. The van der Waals surface area contributed by atoms with E-state index in [-0.39, 0.29) is 11.4 Å². The van der Waals surface area contributed by atoms with Crippen molar-refractivity contribution in [3.8, 4) is 0 Å². The number of halogens is 2. The molecule has 0 saturated heterocycles. The van der Waals surface area contributed by atoms with Gasteiger partial charge in [0.2, 0.25) is 0 Å². The van der Waals surface area contributed by atoms with Crippen LogP contribution in [0.3, 0.4) is 0 Å². The molecule has 4 nitrogen and oxygen atoms in total. The van der Waals surface area contributed by atoms with Crippen LogP contribution in [0.25, 0.3) is 0 Å². The van der Waals surface area contributed by atoms with Crippen LogP contribution < -0.4 is 4.31 Å². The fourth-order valence-electron chi connectivity index (χ4n) is 1.94. The molecular formula is C15H15F2NO3S. The van der Waals surface area contributed by atoms with Crippen molar-refractivity contribution in [3.63, 3.8) is 0 Å². The topological polar surface area (TPSA) is 57.6 Å². The molecule has 0 aromatic heterocycles. The van der Waals surface area contributed by atoms with Gasteiger partial charge in [0.25, 0.3) is 10.0 Å². The van der Waals surface area contributed by atoms with E-state index in [1.54, 1.807) is 30.3 Å². The Hall–Kier alpha value is -1.99. The van der Waals surface area contributed by atoms with Crippen molar-refractivity contribution in [3.05, 3.63) is 60.2 Å². The molecule has 0 saturated carbocycles. The van der Waals surface area contributed by atoms with Crippen LogP contribution in [0.2, 0.25) is 0 Å². The first kappa shape index (κ1) is 16.4. The number of anilines is 1. The SMILES string of the molecule is C[C@H](O)CN(c1ccccc1)S(=O)(=O)c1ccc(F)c(F)c1. The fourth-order valence-corrected chi connectivity index (χ4v) is 3.50. The second-order valence-electron chi connectivity index (χ2n) is 4.80. The summed E-state index contributed by atoms with van der Waals surface area (Å²) in [4.78, 5) is -0.379. The highest BCUT2D eigenvalue weighted by atomic mass is 32.2. The van der Waals surface area contributed by atoms with Crippen LogP contribution in [0.4, 0.5) is 14.5 Å². The van der Waals surface area contributed by atoms with Crippen molar-refractivity contribution in [1.82, 2.24) is 0 Å². The van der Waals surface area contributed by atoms with Crippen LogP contribution in [0, 0.1) is 11.6 Å². The average Bonchev–Trinajstić information content (AvgIpc) is 2.48. The van der Waals surface area contributed by atoms with Gasteiger partial charge in [-0.1, -0.05) is 18.2 Å². The normalized spacial score (nSPS) is 12.9. The molecule has 0 radical (unpaired) electrons. The van der Waals surface area contributed by atoms with Gasteiger partial charge in [0.15, 0.2) is 11.6 Å². The molecule has 118 valence electrons. The van der Waals surface area contributed by atoms with Gasteiger partial charge in [-0.15, -0.1) is 0 Å². The third-order valence-electron chi connectivity index (χ3n) is 2.95. The first-order chi connectivity index (χ1) is 10.3. The summed E-state index contributed by atoms with van der Waals surface area (Å²) in [6.07, 6.45) is -0.930. The van der Waals surface area contributed by atoms with E-state index < -0.39 is 27.8 Å². The minimum Gasteiger partial charge on any atom is -0.392 e. The summed E-state index contributed by atoms with van der Waals surface area (Å²) in [5.74, 6) is -2.37. The first-order valence-electron chi connectivity index (χ1n) is 6.53. The number of sulfonamides is 1. The number of para-hydroxylation sites is 1. The maximum atomic E-state index is 13.3. The Bertz CT molecular complexity index is 749. The molecule has 0 heterocycles. The van der Waals surface area contributed by atoms with Crippen molar-refractivity contribution in [1.29, 1.82) is 0 Å². The summed E-state index contributed by atoms with van der Waals surface area (Å²) in [7, 11) is -4.12. The van der Waals surface area contributed by atoms with Crippen molar-refractivity contribution < 1.29 is 22.3 Å². The zero-order chi connectivity index (χ0) is 16.3. The van der Waals surface area contributed by atoms with Crippen LogP contribution in [0.5, 0.6) is 0 Å². The van der Waals surface area contributed by atoms with Gasteiger partial charge in [0.05, 0.1) is 23.2 Å². The van der Waals surface area contributed by atoms with Crippen LogP contribution in [-0.2, 0) is 10.0 Å². The summed E-state index contributed by atoms with van der Waals surface area (Å²) >= 11 is 0. The van der Waals surface area contributed by atoms with Gasteiger partial charge >= 0.3 is 0 Å². The van der Waals surface area contributed by atoms with E-state index in [0.29, 0.717) is 11.8 Å². The molecule has 22 heavy (non-hydrogen) atoms. The highest BCUT2D eigenvalue weighted by molar-refractivity contribution is 7.92. The molecule has 2 aromatic carbocycles. The lowest BCUT2D eigenvalue weighted by Crippen LogP contribution is -2.36. The Labute approximate surface area is 127 Å². The van der Waals surface area contributed by atoms with E-state index in [9.17, 15) is 22.3 Å². The Kier molecular flexibility index (Phi) is 4.77. The molecule has 0 aliphatic rings. The Morgan fingerprint density at radius 1 is 1.09 bits per heavy atom. The lowest BCUT2D eigenvalue weighted by Gasteiger charge is -2.25. The van der Waals surface area contributed by atoms with Gasteiger partial charge in [0, 0.05) is 0 Å². The molecule has 0 bridgehead atoms. The van der Waals surface area contributed by atoms with Crippen LogP contribution in [-0.4, -0.2) is 26.2 Å². The zero-order valence-electron chi connectivity index (χ0n) is 11.8. The summed E-state index contributed by atoms with van der Waals surface area (Å²) in [6.45, 7) is 1.24. The Morgan fingerprint density at radius 2 is 1.73 bits per heavy atom. The van der Waals surface area contributed by atoms with Crippen LogP contribution in [0.1, 0.15) is 6.92 Å². The third-order valence-corrected chi connectivity index (χ3v) is 4.74. The summed E-state index contributed by atoms with van der Waals surface area (Å²) in [5, 5.41) is 9.55. The minimum atomic E-state index is -4.12. The van der Waals surface area contributed by atoms with Gasteiger partial charge in [-0.05, 0) is 37.3 Å². The third kappa shape index (κ3) is 3.42. The molecule has 7 heteroatoms. The van der Waals surface area contributed by atoms with Crippen molar-refractivity contribution >= 4 is 15.7 Å². The van der Waals surface area contributed by atoms with Gasteiger partial charge in [-0.3, -0.25) is 4.31 Å². The van der Waals surface area contributed by atoms with Crippen molar-refractivity contribution in [2.45, 2.75) is 17.9 Å². The van der Waals surface area contributed by atoms with Gasteiger partial charge < -0.3 is 5.11 Å². The number of aliphatic hydroxyl groups is 1. The predicted molar refractivity (Wildman–Crippen MR) is 79.0 cm³/mol. The van der Waals surface area contributed by atoms with E-state index >= 15 is 0 Å². The van der Waals surface area contributed by atoms with Crippen molar-refractivity contribution in [2.75, 3.05) is 10.8 Å². The first-order valence-corrected chi connectivity index (χ1v) is 7.97. The largest absolute Gasteiger partial charge is 0.392 e. The van der Waals surface area contributed by atoms with E-state index in [1.807, 2.05) is 0 Å². The lowest BCUT2D eigenvalue weighted by molar-refractivity contribution is 0.204. The Morgan fingerprint density at radius 3 is 2.27 bits per heavy atom. The predicted octanol–water partition coefficient (Wildman–Crippen LogP) is 2.54. The lowest BCUT2D eigenvalue weighted by atomic mass is 10.3. The summed E-state index contributed by atoms with van der Waals surface area (Å²) < 4.78 is 52.6. The highest BCUT2D eigenvalue weighted by Gasteiger charge is 2.27. The van der Waals surface area contributed by atoms with Gasteiger partial charge in [0.1, 0.15) is 0 Å². The molecule has 1 atom stereocenters. The van der Waals surface area contributed by atoms with E-state index in [4.69, 9.17) is 0 Å².